The zero-order chi connectivity index (χ0) is 24.0. The highest BCUT2D eigenvalue weighted by Crippen LogP contribution is 2.40. The number of carbonyl (C=O) groups is 1. The van der Waals surface area contributed by atoms with Gasteiger partial charge in [-0.3, -0.25) is 14.4 Å². The third-order valence-electron chi connectivity index (χ3n) is 6.27. The largest absolute Gasteiger partial charge is 0.508 e. The number of thiophene rings is 1. The second-order valence-corrected chi connectivity index (χ2v) is 10.3. The van der Waals surface area contributed by atoms with E-state index >= 15 is 0 Å². The van der Waals surface area contributed by atoms with E-state index in [1.807, 2.05) is 37.4 Å². The van der Waals surface area contributed by atoms with Crippen molar-refractivity contribution in [3.8, 4) is 10.8 Å². The molecule has 1 aliphatic heterocycles. The lowest BCUT2D eigenvalue weighted by Gasteiger charge is -2.14. The molecule has 172 valence electrons. The Balaban J connectivity index is 1.61. The summed E-state index contributed by atoms with van der Waals surface area (Å²) in [6.45, 7) is 6.23. The zero-order valence-electron chi connectivity index (χ0n) is 19.2. The number of benzene rings is 2. The van der Waals surface area contributed by atoms with E-state index in [1.165, 1.54) is 10.4 Å². The summed E-state index contributed by atoms with van der Waals surface area (Å²) in [6.07, 6.45) is 2.39. The number of hydrogen-bond donors (Lipinski definition) is 1. The molecule has 3 heterocycles. The number of aliphatic imine (C=N–C) groups is 1. The van der Waals surface area contributed by atoms with Gasteiger partial charge in [0, 0.05) is 33.9 Å². The second-order valence-electron chi connectivity index (χ2n) is 8.62. The number of phenolic OH excluding ortho intramolecular Hbond substituents is 1. The fourth-order valence-electron chi connectivity index (χ4n) is 4.40. The molecular weight excluding hydrogens is 466 g/mol. The zero-order valence-corrected chi connectivity index (χ0v) is 20.7. The number of aryl methyl sites for hydroxylation is 2. The predicted molar refractivity (Wildman–Crippen MR) is 137 cm³/mol. The fourth-order valence-corrected chi connectivity index (χ4v) is 5.75. The molecule has 0 saturated heterocycles. The Morgan fingerprint density at radius 3 is 2.50 bits per heavy atom. The molecule has 0 bridgehead atoms. The molecule has 0 unspecified atom stereocenters. The Morgan fingerprint density at radius 1 is 1.09 bits per heavy atom. The SMILES string of the molecule is Cc1sc2c(c1C)C(c1ccc(Cl)cc1)=N[C@@H](CC(=O)Cc1ccc(O)cc1)c1cnc(C)n1-2. The summed E-state index contributed by atoms with van der Waals surface area (Å²) in [7, 11) is 0. The Morgan fingerprint density at radius 2 is 1.79 bits per heavy atom. The molecule has 1 atom stereocenters. The minimum atomic E-state index is -0.365. The monoisotopic (exact) mass is 489 g/mol. The molecule has 5 nitrogen and oxygen atoms in total. The van der Waals surface area contributed by atoms with Crippen LogP contribution in [0.1, 0.15) is 51.1 Å². The normalized spacial score (nSPS) is 14.8. The maximum Gasteiger partial charge on any atom is 0.139 e. The Labute approximate surface area is 207 Å². The number of imidazole rings is 1. The number of halogens is 1. The molecule has 1 aliphatic rings. The smallest absolute Gasteiger partial charge is 0.139 e. The van der Waals surface area contributed by atoms with Gasteiger partial charge in [0.15, 0.2) is 0 Å². The number of rotatable bonds is 5. The van der Waals surface area contributed by atoms with Crippen molar-refractivity contribution in [2.75, 3.05) is 0 Å². The van der Waals surface area contributed by atoms with E-state index in [0.717, 1.165) is 38.9 Å². The molecule has 4 aromatic rings. The molecule has 34 heavy (non-hydrogen) atoms. The van der Waals surface area contributed by atoms with Crippen molar-refractivity contribution < 1.29 is 9.90 Å². The van der Waals surface area contributed by atoms with E-state index in [9.17, 15) is 9.90 Å². The van der Waals surface area contributed by atoms with Crippen molar-refractivity contribution in [1.82, 2.24) is 9.55 Å². The molecule has 2 aromatic heterocycles. The van der Waals surface area contributed by atoms with E-state index in [1.54, 1.807) is 35.6 Å². The number of nitrogens with zero attached hydrogens (tertiary/aromatic N) is 3. The van der Waals surface area contributed by atoms with Crippen LogP contribution in [0.25, 0.3) is 5.00 Å². The number of fused-ring (bicyclic) bond motifs is 3. The van der Waals surface area contributed by atoms with Crippen molar-refractivity contribution in [2.45, 2.75) is 39.7 Å². The lowest BCUT2D eigenvalue weighted by molar-refractivity contribution is -0.118. The number of aromatic hydroxyl groups is 1. The minimum absolute atomic E-state index is 0.0819. The third-order valence-corrected chi connectivity index (χ3v) is 7.72. The van der Waals surface area contributed by atoms with Gasteiger partial charge < -0.3 is 5.11 Å². The Bertz CT molecular complexity index is 1420. The molecule has 0 amide bonds. The van der Waals surface area contributed by atoms with E-state index in [2.05, 4.69) is 23.4 Å². The van der Waals surface area contributed by atoms with Gasteiger partial charge in [-0.25, -0.2) is 4.98 Å². The van der Waals surface area contributed by atoms with Crippen molar-refractivity contribution in [3.63, 3.8) is 0 Å². The Hall–Kier alpha value is -3.22. The van der Waals surface area contributed by atoms with Crippen LogP contribution in [0.5, 0.6) is 5.75 Å². The van der Waals surface area contributed by atoms with Gasteiger partial charge in [0.05, 0.1) is 23.6 Å². The summed E-state index contributed by atoms with van der Waals surface area (Å²) in [6, 6.07) is 14.1. The molecule has 0 saturated carbocycles. The Kier molecular flexibility index (Phi) is 5.88. The van der Waals surface area contributed by atoms with Gasteiger partial charge in [-0.15, -0.1) is 11.3 Å². The fraction of sp³-hybridized carbons (Fsp3) is 0.222. The molecule has 5 rings (SSSR count). The minimum Gasteiger partial charge on any atom is -0.508 e. The van der Waals surface area contributed by atoms with Gasteiger partial charge in [-0.05, 0) is 56.2 Å². The van der Waals surface area contributed by atoms with E-state index in [-0.39, 0.29) is 30.4 Å². The van der Waals surface area contributed by atoms with Gasteiger partial charge >= 0.3 is 0 Å². The van der Waals surface area contributed by atoms with Gasteiger partial charge in [0.1, 0.15) is 22.4 Å². The van der Waals surface area contributed by atoms with Gasteiger partial charge in [0.25, 0.3) is 0 Å². The van der Waals surface area contributed by atoms with E-state index in [4.69, 9.17) is 16.6 Å². The van der Waals surface area contributed by atoms with Crippen LogP contribution in [0.4, 0.5) is 0 Å². The number of hydrogen-bond acceptors (Lipinski definition) is 5. The summed E-state index contributed by atoms with van der Waals surface area (Å²) >= 11 is 7.89. The van der Waals surface area contributed by atoms with Crippen molar-refractivity contribution >= 4 is 34.4 Å². The number of carbonyl (C=O) groups excluding carboxylic acids is 1. The number of aromatic nitrogens is 2. The van der Waals surface area contributed by atoms with Crippen molar-refractivity contribution in [1.29, 1.82) is 0 Å². The lowest BCUT2D eigenvalue weighted by atomic mass is 9.99. The van der Waals surface area contributed by atoms with Crippen LogP contribution in [0.3, 0.4) is 0 Å². The summed E-state index contributed by atoms with van der Waals surface area (Å²) in [4.78, 5) is 24.1. The molecule has 0 aliphatic carbocycles. The van der Waals surface area contributed by atoms with E-state index < -0.39 is 0 Å². The first kappa shape index (κ1) is 22.6. The standard InChI is InChI=1S/C27H24ClN3O2S/c1-15-16(2)34-27-25(15)26(19-6-8-20(28)9-7-19)30-23(24-14-29-17(3)31(24)27)13-22(33)12-18-4-10-21(32)11-5-18/h4-11,14,23,32H,12-13H2,1-3H3/t23-/m0/s1. The highest BCUT2D eigenvalue weighted by atomic mass is 35.5. The van der Waals surface area contributed by atoms with Crippen LogP contribution < -0.4 is 0 Å². The van der Waals surface area contributed by atoms with Gasteiger partial charge in [0.2, 0.25) is 0 Å². The highest BCUT2D eigenvalue weighted by Gasteiger charge is 2.31. The van der Waals surface area contributed by atoms with Gasteiger partial charge in [-0.1, -0.05) is 35.9 Å². The molecule has 7 heteroatoms. The number of phenols is 1. The lowest BCUT2D eigenvalue weighted by Crippen LogP contribution is -2.12. The summed E-state index contributed by atoms with van der Waals surface area (Å²) in [5.74, 6) is 1.15. The van der Waals surface area contributed by atoms with Crippen LogP contribution >= 0.6 is 22.9 Å². The van der Waals surface area contributed by atoms with E-state index in [0.29, 0.717) is 5.02 Å². The molecule has 0 radical (unpaired) electrons. The maximum atomic E-state index is 13.1. The predicted octanol–water partition coefficient (Wildman–Crippen LogP) is 6.31. The topological polar surface area (TPSA) is 67.5 Å². The molecule has 2 aromatic carbocycles. The average Bonchev–Trinajstić information content (AvgIpc) is 3.28. The van der Waals surface area contributed by atoms with Gasteiger partial charge in [-0.2, -0.15) is 0 Å². The molecule has 1 N–H and O–H groups in total. The van der Waals surface area contributed by atoms with Crippen LogP contribution in [-0.4, -0.2) is 26.2 Å². The molecule has 0 spiro atoms. The maximum absolute atomic E-state index is 13.1. The summed E-state index contributed by atoms with van der Waals surface area (Å²) < 4.78 is 2.16. The van der Waals surface area contributed by atoms with Crippen LogP contribution in [0, 0.1) is 20.8 Å². The van der Waals surface area contributed by atoms with Crippen LogP contribution in [-0.2, 0) is 11.2 Å². The van der Waals surface area contributed by atoms with Crippen LogP contribution in [0.2, 0.25) is 5.02 Å². The summed E-state index contributed by atoms with van der Waals surface area (Å²) in [5, 5.41) is 11.3. The van der Waals surface area contributed by atoms with Crippen molar-refractivity contribution in [2.24, 2.45) is 4.99 Å². The first-order valence-corrected chi connectivity index (χ1v) is 12.3. The second kappa shape index (κ2) is 8.85. The quantitative estimate of drug-likeness (QED) is 0.357. The number of ketones is 1. The van der Waals surface area contributed by atoms with Crippen LogP contribution in [0.15, 0.2) is 59.7 Å². The average molecular weight is 490 g/mol. The molecule has 0 fully saturated rings. The number of Topliss-reactive ketones (excluding diaryl/α,β-unsaturated/α-hetero) is 1. The highest BCUT2D eigenvalue weighted by molar-refractivity contribution is 7.15. The third kappa shape index (κ3) is 4.08. The first-order chi connectivity index (χ1) is 16.3. The first-order valence-electron chi connectivity index (χ1n) is 11.1. The molecular formula is C27H24ClN3O2S. The summed E-state index contributed by atoms with van der Waals surface area (Å²) in [5.41, 5.74) is 5.90. The van der Waals surface area contributed by atoms with Crippen molar-refractivity contribution in [3.05, 3.63) is 98.4 Å².